The van der Waals surface area contributed by atoms with Gasteiger partial charge in [-0.25, -0.2) is 0 Å². The fourth-order valence-corrected chi connectivity index (χ4v) is 3.15. The molecule has 2 aliphatic rings. The van der Waals surface area contributed by atoms with Crippen LogP contribution in [-0.2, 0) is 9.59 Å². The number of likely N-dealkylation sites (tertiary alicyclic amines) is 1. The quantitative estimate of drug-likeness (QED) is 0.629. The van der Waals surface area contributed by atoms with Gasteiger partial charge in [-0.3, -0.25) is 24.6 Å². The van der Waals surface area contributed by atoms with Gasteiger partial charge in [0.2, 0.25) is 5.91 Å². The van der Waals surface area contributed by atoms with E-state index in [0.717, 1.165) is 12.8 Å². The zero-order chi connectivity index (χ0) is 18.0. The standard InChI is InChI=1S/C16H20N4O5/c1-17-11-3-2-6-18(8-11)15(21)9-19-13-7-12(20(23)24)4-5-14(13)25-10-16(19)22/h4-5,7,11,17H,2-3,6,8-10H2,1H3. The van der Waals surface area contributed by atoms with E-state index in [-0.39, 0.29) is 42.4 Å². The van der Waals surface area contributed by atoms with Gasteiger partial charge < -0.3 is 15.0 Å². The number of hydrogen-bond acceptors (Lipinski definition) is 6. The number of nitrogens with zero attached hydrogens (tertiary/aromatic N) is 3. The largest absolute Gasteiger partial charge is 0.482 e. The number of fused-ring (bicyclic) bond motifs is 1. The molecule has 2 heterocycles. The zero-order valence-corrected chi connectivity index (χ0v) is 13.9. The van der Waals surface area contributed by atoms with Crippen molar-refractivity contribution in [2.75, 3.05) is 38.2 Å². The third kappa shape index (κ3) is 3.55. The number of ether oxygens (including phenoxy) is 1. The van der Waals surface area contributed by atoms with Crippen molar-refractivity contribution in [2.24, 2.45) is 0 Å². The zero-order valence-electron chi connectivity index (χ0n) is 13.9. The third-order valence-electron chi connectivity index (χ3n) is 4.57. The number of amides is 2. The van der Waals surface area contributed by atoms with E-state index in [9.17, 15) is 19.7 Å². The molecule has 0 saturated carbocycles. The number of hydrogen-bond donors (Lipinski definition) is 1. The summed E-state index contributed by atoms with van der Waals surface area (Å²) in [5.41, 5.74) is 0.115. The number of rotatable bonds is 4. The lowest BCUT2D eigenvalue weighted by molar-refractivity contribution is -0.384. The van der Waals surface area contributed by atoms with Crippen molar-refractivity contribution in [1.82, 2.24) is 10.2 Å². The Kier molecular flexibility index (Phi) is 4.84. The minimum absolute atomic E-state index is 0.146. The molecule has 0 aliphatic carbocycles. The number of carbonyl (C=O) groups excluding carboxylic acids is 2. The van der Waals surface area contributed by atoms with Crippen LogP contribution in [0.2, 0.25) is 0 Å². The van der Waals surface area contributed by atoms with E-state index in [1.54, 1.807) is 4.90 Å². The highest BCUT2D eigenvalue weighted by Gasteiger charge is 2.31. The molecule has 0 spiro atoms. The summed E-state index contributed by atoms with van der Waals surface area (Å²) in [7, 11) is 1.86. The van der Waals surface area contributed by atoms with E-state index in [1.807, 2.05) is 7.05 Å². The van der Waals surface area contributed by atoms with E-state index in [0.29, 0.717) is 18.8 Å². The number of likely N-dealkylation sites (N-methyl/N-ethyl adjacent to an activating group) is 1. The van der Waals surface area contributed by atoms with Gasteiger partial charge in [0.05, 0.1) is 10.6 Å². The number of piperidine rings is 1. The summed E-state index contributed by atoms with van der Waals surface area (Å²) >= 11 is 0. The second-order valence-electron chi connectivity index (χ2n) is 6.15. The molecule has 9 nitrogen and oxygen atoms in total. The molecule has 1 saturated heterocycles. The molecular weight excluding hydrogens is 328 g/mol. The molecule has 2 amide bonds. The van der Waals surface area contributed by atoms with Gasteiger partial charge in [-0.05, 0) is 26.0 Å². The predicted octanol–water partition coefficient (Wildman–Crippen LogP) is 0.531. The van der Waals surface area contributed by atoms with Crippen LogP contribution in [0.25, 0.3) is 0 Å². The van der Waals surface area contributed by atoms with Crippen LogP contribution in [0.5, 0.6) is 5.75 Å². The molecule has 1 atom stereocenters. The second-order valence-corrected chi connectivity index (χ2v) is 6.15. The molecule has 1 aromatic rings. The smallest absolute Gasteiger partial charge is 0.271 e. The first-order chi connectivity index (χ1) is 12.0. The fraction of sp³-hybridized carbons (Fsp3) is 0.500. The first-order valence-corrected chi connectivity index (χ1v) is 8.16. The topological polar surface area (TPSA) is 105 Å². The SMILES string of the molecule is CNC1CCCN(C(=O)CN2C(=O)COc3ccc([N+](=O)[O-])cc32)C1. The maximum Gasteiger partial charge on any atom is 0.271 e. The number of nitrogens with one attached hydrogen (secondary N) is 1. The van der Waals surface area contributed by atoms with E-state index in [2.05, 4.69) is 5.32 Å². The molecule has 0 aromatic heterocycles. The molecule has 0 bridgehead atoms. The lowest BCUT2D eigenvalue weighted by Gasteiger charge is -2.35. The molecule has 3 rings (SSSR count). The average molecular weight is 348 g/mol. The summed E-state index contributed by atoms with van der Waals surface area (Å²) < 4.78 is 5.31. The van der Waals surface area contributed by atoms with Gasteiger partial charge in [0, 0.05) is 31.3 Å². The first-order valence-electron chi connectivity index (χ1n) is 8.16. The summed E-state index contributed by atoms with van der Waals surface area (Å²) in [5.74, 6) is -0.194. The van der Waals surface area contributed by atoms with Gasteiger partial charge in [0.25, 0.3) is 11.6 Å². The van der Waals surface area contributed by atoms with Crippen molar-refractivity contribution in [3.05, 3.63) is 28.3 Å². The fourth-order valence-electron chi connectivity index (χ4n) is 3.15. The molecule has 0 radical (unpaired) electrons. The Balaban J connectivity index is 1.80. The summed E-state index contributed by atoms with van der Waals surface area (Å²) in [4.78, 5) is 38.3. The van der Waals surface area contributed by atoms with Crippen molar-refractivity contribution in [1.29, 1.82) is 0 Å². The molecule has 1 N–H and O–H groups in total. The van der Waals surface area contributed by atoms with Crippen LogP contribution in [0, 0.1) is 10.1 Å². The van der Waals surface area contributed by atoms with Gasteiger partial charge in [-0.2, -0.15) is 0 Å². The minimum Gasteiger partial charge on any atom is -0.482 e. The molecule has 1 unspecified atom stereocenters. The van der Waals surface area contributed by atoms with Crippen LogP contribution in [0.3, 0.4) is 0 Å². The van der Waals surface area contributed by atoms with E-state index in [1.165, 1.54) is 23.1 Å². The van der Waals surface area contributed by atoms with Crippen molar-refractivity contribution in [2.45, 2.75) is 18.9 Å². The molecule has 1 fully saturated rings. The van der Waals surface area contributed by atoms with Crippen LogP contribution in [0.15, 0.2) is 18.2 Å². The highest BCUT2D eigenvalue weighted by molar-refractivity contribution is 6.02. The Labute approximate surface area is 144 Å². The molecular formula is C16H20N4O5. The predicted molar refractivity (Wildman–Crippen MR) is 89.6 cm³/mol. The highest BCUT2D eigenvalue weighted by atomic mass is 16.6. The van der Waals surface area contributed by atoms with E-state index >= 15 is 0 Å². The normalized spacial score (nSPS) is 20.0. The first kappa shape index (κ1) is 17.2. The lowest BCUT2D eigenvalue weighted by Crippen LogP contribution is -2.51. The lowest BCUT2D eigenvalue weighted by atomic mass is 10.1. The Bertz CT molecular complexity index is 708. The number of nitro groups is 1. The number of benzene rings is 1. The van der Waals surface area contributed by atoms with Crippen LogP contribution in [0.1, 0.15) is 12.8 Å². The number of non-ortho nitro benzene ring substituents is 1. The second kappa shape index (κ2) is 7.06. The van der Waals surface area contributed by atoms with Crippen molar-refractivity contribution in [3.8, 4) is 5.75 Å². The maximum absolute atomic E-state index is 12.6. The van der Waals surface area contributed by atoms with E-state index in [4.69, 9.17) is 4.74 Å². The number of anilines is 1. The van der Waals surface area contributed by atoms with Crippen molar-refractivity contribution in [3.63, 3.8) is 0 Å². The molecule has 9 heteroatoms. The van der Waals surface area contributed by atoms with Gasteiger partial charge in [0.1, 0.15) is 12.3 Å². The van der Waals surface area contributed by atoms with Gasteiger partial charge in [-0.1, -0.05) is 0 Å². The van der Waals surface area contributed by atoms with Crippen LogP contribution in [0.4, 0.5) is 11.4 Å². The highest BCUT2D eigenvalue weighted by Crippen LogP contribution is 2.35. The van der Waals surface area contributed by atoms with Gasteiger partial charge >= 0.3 is 0 Å². The Morgan fingerprint density at radius 2 is 2.28 bits per heavy atom. The van der Waals surface area contributed by atoms with Crippen LogP contribution in [-0.4, -0.2) is 61.0 Å². The third-order valence-corrected chi connectivity index (χ3v) is 4.57. The maximum atomic E-state index is 12.6. The molecule has 25 heavy (non-hydrogen) atoms. The summed E-state index contributed by atoms with van der Waals surface area (Å²) in [6, 6.07) is 4.28. The number of nitro benzene ring substituents is 1. The van der Waals surface area contributed by atoms with Crippen molar-refractivity contribution < 1.29 is 19.2 Å². The Morgan fingerprint density at radius 3 is 3.00 bits per heavy atom. The Morgan fingerprint density at radius 1 is 1.48 bits per heavy atom. The summed E-state index contributed by atoms with van der Waals surface area (Å²) in [5, 5.41) is 14.2. The van der Waals surface area contributed by atoms with Gasteiger partial charge in [-0.15, -0.1) is 0 Å². The van der Waals surface area contributed by atoms with Crippen LogP contribution < -0.4 is 15.0 Å². The van der Waals surface area contributed by atoms with Gasteiger partial charge in [0.15, 0.2) is 6.61 Å². The summed E-state index contributed by atoms with van der Waals surface area (Å²) in [6.07, 6.45) is 1.90. The van der Waals surface area contributed by atoms with Crippen LogP contribution >= 0.6 is 0 Å². The molecule has 1 aromatic carbocycles. The average Bonchev–Trinajstić information content (AvgIpc) is 2.63. The summed E-state index contributed by atoms with van der Waals surface area (Å²) in [6.45, 7) is 0.914. The Hall–Kier alpha value is -2.68. The minimum atomic E-state index is -0.540. The monoisotopic (exact) mass is 348 g/mol. The van der Waals surface area contributed by atoms with Crippen molar-refractivity contribution >= 4 is 23.2 Å². The molecule has 134 valence electrons. The molecule has 2 aliphatic heterocycles. The number of carbonyl (C=O) groups is 2. The van der Waals surface area contributed by atoms with E-state index < -0.39 is 4.92 Å².